The van der Waals surface area contributed by atoms with Crippen LogP contribution < -0.4 is 5.32 Å². The molecule has 0 radical (unpaired) electrons. The molecule has 0 saturated heterocycles. The minimum Gasteiger partial charge on any atom is -0.386 e. The Morgan fingerprint density at radius 1 is 1.67 bits per heavy atom. The van der Waals surface area contributed by atoms with Crippen LogP contribution in [0.4, 0.5) is 8.78 Å². The van der Waals surface area contributed by atoms with E-state index in [2.05, 4.69) is 5.32 Å². The van der Waals surface area contributed by atoms with E-state index in [1.165, 1.54) is 6.20 Å². The second-order valence-electron chi connectivity index (χ2n) is 2.18. The SMILES string of the molecule is O=[N+]([O-])C1=C(C(F)F)CNC=C1. The van der Waals surface area contributed by atoms with Crippen molar-refractivity contribution in [3.8, 4) is 0 Å². The summed E-state index contributed by atoms with van der Waals surface area (Å²) < 4.78 is 24.2. The van der Waals surface area contributed by atoms with Gasteiger partial charge in [0.05, 0.1) is 10.5 Å². The third kappa shape index (κ3) is 1.58. The van der Waals surface area contributed by atoms with Gasteiger partial charge in [-0.1, -0.05) is 0 Å². The third-order valence-corrected chi connectivity index (χ3v) is 1.44. The van der Waals surface area contributed by atoms with Crippen molar-refractivity contribution in [3.05, 3.63) is 33.7 Å². The lowest BCUT2D eigenvalue weighted by Gasteiger charge is -2.09. The van der Waals surface area contributed by atoms with Crippen molar-refractivity contribution in [1.29, 1.82) is 0 Å². The molecule has 6 heteroatoms. The summed E-state index contributed by atoms with van der Waals surface area (Å²) in [5.74, 6) is 0. The van der Waals surface area contributed by atoms with Gasteiger partial charge in [0.15, 0.2) is 0 Å². The van der Waals surface area contributed by atoms with Crippen molar-refractivity contribution in [2.24, 2.45) is 0 Å². The number of rotatable bonds is 2. The zero-order chi connectivity index (χ0) is 9.14. The van der Waals surface area contributed by atoms with Crippen molar-refractivity contribution >= 4 is 0 Å². The highest BCUT2D eigenvalue weighted by Crippen LogP contribution is 2.17. The Labute approximate surface area is 66.7 Å². The second-order valence-corrected chi connectivity index (χ2v) is 2.18. The van der Waals surface area contributed by atoms with E-state index in [1.54, 1.807) is 0 Å². The summed E-state index contributed by atoms with van der Waals surface area (Å²) in [6.45, 7) is -0.162. The Hall–Kier alpha value is -1.46. The molecule has 0 aromatic carbocycles. The number of hydrogen-bond donors (Lipinski definition) is 1. The van der Waals surface area contributed by atoms with Crippen molar-refractivity contribution < 1.29 is 13.7 Å². The fraction of sp³-hybridized carbons (Fsp3) is 0.333. The zero-order valence-corrected chi connectivity index (χ0v) is 5.96. The molecule has 1 rings (SSSR count). The molecule has 12 heavy (non-hydrogen) atoms. The van der Waals surface area contributed by atoms with Gasteiger partial charge in [-0.25, -0.2) is 8.78 Å². The van der Waals surface area contributed by atoms with Crippen LogP contribution in [0.2, 0.25) is 0 Å². The van der Waals surface area contributed by atoms with Gasteiger partial charge in [-0.15, -0.1) is 0 Å². The number of halogens is 2. The Balaban J connectivity index is 3.00. The fourth-order valence-electron chi connectivity index (χ4n) is 0.871. The molecular formula is C6H6F2N2O2. The van der Waals surface area contributed by atoms with E-state index < -0.39 is 22.6 Å². The highest BCUT2D eigenvalue weighted by atomic mass is 19.3. The molecule has 0 unspecified atom stereocenters. The van der Waals surface area contributed by atoms with E-state index in [0.29, 0.717) is 0 Å². The van der Waals surface area contributed by atoms with Crippen molar-refractivity contribution in [2.45, 2.75) is 6.43 Å². The summed E-state index contributed by atoms with van der Waals surface area (Å²) in [5.41, 5.74) is -0.980. The number of allylic oxidation sites excluding steroid dienone is 1. The first-order valence-electron chi connectivity index (χ1n) is 3.18. The molecule has 0 bridgehead atoms. The number of dihydropyridines is 1. The van der Waals surface area contributed by atoms with Gasteiger partial charge in [0.1, 0.15) is 0 Å². The van der Waals surface area contributed by atoms with Gasteiger partial charge in [0, 0.05) is 18.8 Å². The number of alkyl halides is 2. The van der Waals surface area contributed by atoms with E-state index in [4.69, 9.17) is 0 Å². The molecule has 0 aliphatic carbocycles. The molecule has 1 aliphatic rings. The molecule has 0 amide bonds. The van der Waals surface area contributed by atoms with Gasteiger partial charge in [0.2, 0.25) is 0 Å². The Kier molecular flexibility index (Phi) is 2.37. The molecule has 4 nitrogen and oxygen atoms in total. The largest absolute Gasteiger partial charge is 0.386 e. The topological polar surface area (TPSA) is 55.2 Å². The Morgan fingerprint density at radius 3 is 2.75 bits per heavy atom. The normalized spacial score (nSPS) is 16.6. The van der Waals surface area contributed by atoms with Gasteiger partial charge in [-0.3, -0.25) is 10.1 Å². The lowest BCUT2D eigenvalue weighted by atomic mass is 10.1. The summed E-state index contributed by atoms with van der Waals surface area (Å²) in [7, 11) is 0. The van der Waals surface area contributed by atoms with Crippen molar-refractivity contribution in [3.63, 3.8) is 0 Å². The minimum absolute atomic E-state index is 0.162. The molecule has 0 saturated carbocycles. The quantitative estimate of drug-likeness (QED) is 0.502. The van der Waals surface area contributed by atoms with Crippen molar-refractivity contribution in [2.75, 3.05) is 6.54 Å². The van der Waals surface area contributed by atoms with Gasteiger partial charge >= 0.3 is 0 Å². The van der Waals surface area contributed by atoms with Crippen LogP contribution in [0, 0.1) is 10.1 Å². The monoisotopic (exact) mass is 176 g/mol. The molecule has 0 atom stereocenters. The van der Waals surface area contributed by atoms with Gasteiger partial charge in [0.25, 0.3) is 12.1 Å². The molecule has 1 heterocycles. The lowest BCUT2D eigenvalue weighted by molar-refractivity contribution is -0.421. The molecular weight excluding hydrogens is 170 g/mol. The number of nitrogens with one attached hydrogen (secondary N) is 1. The average molecular weight is 176 g/mol. The zero-order valence-electron chi connectivity index (χ0n) is 5.96. The van der Waals surface area contributed by atoms with Crippen LogP contribution in [0.3, 0.4) is 0 Å². The second kappa shape index (κ2) is 3.29. The van der Waals surface area contributed by atoms with E-state index in [1.807, 2.05) is 0 Å². The van der Waals surface area contributed by atoms with Crippen LogP contribution in [0.1, 0.15) is 0 Å². The maximum atomic E-state index is 12.1. The summed E-state index contributed by atoms with van der Waals surface area (Å²) in [6, 6.07) is 0. The number of hydrogen-bond acceptors (Lipinski definition) is 3. The summed E-state index contributed by atoms with van der Waals surface area (Å²) >= 11 is 0. The Bertz CT molecular complexity index is 260. The van der Waals surface area contributed by atoms with E-state index >= 15 is 0 Å². The van der Waals surface area contributed by atoms with Gasteiger partial charge in [-0.05, 0) is 0 Å². The van der Waals surface area contributed by atoms with Crippen LogP contribution in [0.25, 0.3) is 0 Å². The molecule has 66 valence electrons. The maximum Gasteiger partial charge on any atom is 0.277 e. The van der Waals surface area contributed by atoms with Gasteiger partial charge < -0.3 is 5.32 Å². The molecule has 0 spiro atoms. The van der Waals surface area contributed by atoms with E-state index in [9.17, 15) is 18.9 Å². The molecule has 0 fully saturated rings. The first-order valence-corrected chi connectivity index (χ1v) is 3.18. The van der Waals surface area contributed by atoms with E-state index in [0.717, 1.165) is 6.08 Å². The Morgan fingerprint density at radius 2 is 2.33 bits per heavy atom. The highest BCUT2D eigenvalue weighted by Gasteiger charge is 2.25. The molecule has 0 aromatic heterocycles. The maximum absolute atomic E-state index is 12.1. The van der Waals surface area contributed by atoms with Crippen LogP contribution in [-0.2, 0) is 0 Å². The number of nitro groups is 1. The summed E-state index contributed by atoms with van der Waals surface area (Å²) in [4.78, 5) is 9.40. The average Bonchev–Trinajstić information content (AvgIpc) is 2.04. The molecule has 0 aromatic rings. The standard InChI is InChI=1S/C6H6F2N2O2/c7-6(8)4-3-9-2-1-5(4)10(11)12/h1-2,6,9H,3H2. The first-order chi connectivity index (χ1) is 5.63. The van der Waals surface area contributed by atoms with Crippen LogP contribution in [-0.4, -0.2) is 17.9 Å². The first kappa shape index (κ1) is 8.63. The fourth-order valence-corrected chi connectivity index (χ4v) is 0.871. The predicted octanol–water partition coefficient (Wildman–Crippen LogP) is 0.899. The third-order valence-electron chi connectivity index (χ3n) is 1.44. The lowest BCUT2D eigenvalue weighted by Crippen LogP contribution is -2.22. The summed E-state index contributed by atoms with van der Waals surface area (Å²) in [5, 5.41) is 12.7. The molecule has 1 N–H and O–H groups in total. The van der Waals surface area contributed by atoms with Crippen LogP contribution >= 0.6 is 0 Å². The van der Waals surface area contributed by atoms with Crippen molar-refractivity contribution in [1.82, 2.24) is 5.32 Å². The number of nitrogens with zero attached hydrogens (tertiary/aromatic N) is 1. The van der Waals surface area contributed by atoms with E-state index in [-0.39, 0.29) is 6.54 Å². The van der Waals surface area contributed by atoms with Crippen LogP contribution in [0.15, 0.2) is 23.5 Å². The summed E-state index contributed by atoms with van der Waals surface area (Å²) in [6.07, 6.45) is -0.461. The van der Waals surface area contributed by atoms with Crippen LogP contribution in [0.5, 0.6) is 0 Å². The predicted molar refractivity (Wildman–Crippen MR) is 37.2 cm³/mol. The smallest absolute Gasteiger partial charge is 0.277 e. The van der Waals surface area contributed by atoms with Gasteiger partial charge in [-0.2, -0.15) is 0 Å². The highest BCUT2D eigenvalue weighted by molar-refractivity contribution is 5.25. The minimum atomic E-state index is -2.78. The molecule has 1 aliphatic heterocycles.